The van der Waals surface area contributed by atoms with E-state index in [-0.39, 0.29) is 24.6 Å². The molecular weight excluding hydrogens is 222 g/mol. The molecule has 1 aliphatic heterocycles. The van der Waals surface area contributed by atoms with E-state index in [1.165, 1.54) is 0 Å². The van der Waals surface area contributed by atoms with Gasteiger partial charge in [-0.3, -0.25) is 4.79 Å². The Labute approximate surface area is 102 Å². The molecule has 0 aliphatic carbocycles. The van der Waals surface area contributed by atoms with E-state index in [4.69, 9.17) is 10.5 Å². The zero-order valence-electron chi connectivity index (χ0n) is 10.9. The molecule has 6 nitrogen and oxygen atoms in total. The number of carbonyl (C=O) groups is 2. The van der Waals surface area contributed by atoms with Gasteiger partial charge in [-0.1, -0.05) is 0 Å². The number of nitrogens with zero attached hydrogens (tertiary/aromatic N) is 2. The van der Waals surface area contributed by atoms with Gasteiger partial charge in [-0.25, -0.2) is 4.79 Å². The molecule has 1 aliphatic rings. The summed E-state index contributed by atoms with van der Waals surface area (Å²) in [5, 5.41) is 0. The van der Waals surface area contributed by atoms with Gasteiger partial charge < -0.3 is 20.3 Å². The van der Waals surface area contributed by atoms with Crippen molar-refractivity contribution in [1.82, 2.24) is 9.80 Å². The summed E-state index contributed by atoms with van der Waals surface area (Å²) in [6.07, 6.45) is -0.331. The van der Waals surface area contributed by atoms with E-state index in [0.717, 1.165) is 0 Å². The zero-order valence-corrected chi connectivity index (χ0v) is 10.9. The maximum Gasteiger partial charge on any atom is 0.410 e. The Bertz CT molecular complexity index is 306. The Balaban J connectivity index is 2.37. The topological polar surface area (TPSA) is 75.9 Å². The highest BCUT2D eigenvalue weighted by Crippen LogP contribution is 2.18. The maximum absolute atomic E-state index is 11.6. The summed E-state index contributed by atoms with van der Waals surface area (Å²) in [5.74, 6) is -0.112. The van der Waals surface area contributed by atoms with Crippen LogP contribution >= 0.6 is 0 Å². The van der Waals surface area contributed by atoms with Crippen LogP contribution in [0.4, 0.5) is 4.79 Å². The molecule has 2 N–H and O–H groups in total. The molecule has 98 valence electrons. The average molecular weight is 243 g/mol. The third-order valence-electron chi connectivity index (χ3n) is 2.63. The van der Waals surface area contributed by atoms with Crippen molar-refractivity contribution in [3.05, 3.63) is 0 Å². The summed E-state index contributed by atoms with van der Waals surface area (Å²) in [7, 11) is 1.70. The van der Waals surface area contributed by atoms with Crippen molar-refractivity contribution in [3.8, 4) is 0 Å². The van der Waals surface area contributed by atoms with Crippen LogP contribution in [0.25, 0.3) is 0 Å². The van der Waals surface area contributed by atoms with Gasteiger partial charge in [-0.05, 0) is 20.8 Å². The summed E-state index contributed by atoms with van der Waals surface area (Å²) < 4.78 is 5.22. The van der Waals surface area contributed by atoms with Gasteiger partial charge >= 0.3 is 6.09 Å². The van der Waals surface area contributed by atoms with Crippen molar-refractivity contribution >= 4 is 12.0 Å². The van der Waals surface area contributed by atoms with Gasteiger partial charge in [0, 0.05) is 20.1 Å². The summed E-state index contributed by atoms with van der Waals surface area (Å²) in [5.41, 5.74) is 4.79. The van der Waals surface area contributed by atoms with E-state index in [9.17, 15) is 9.59 Å². The maximum atomic E-state index is 11.6. The highest BCUT2D eigenvalue weighted by Gasteiger charge is 2.37. The highest BCUT2D eigenvalue weighted by molar-refractivity contribution is 5.78. The van der Waals surface area contributed by atoms with E-state index in [2.05, 4.69) is 0 Å². The van der Waals surface area contributed by atoms with Gasteiger partial charge in [0.2, 0.25) is 5.91 Å². The van der Waals surface area contributed by atoms with Crippen LogP contribution in [-0.2, 0) is 9.53 Å². The third kappa shape index (κ3) is 3.59. The van der Waals surface area contributed by atoms with Crippen LogP contribution in [-0.4, -0.2) is 60.1 Å². The smallest absolute Gasteiger partial charge is 0.410 e. The first-order valence-electron chi connectivity index (χ1n) is 5.68. The predicted octanol–water partition coefficient (Wildman–Crippen LogP) is 0.0228. The molecule has 0 aromatic rings. The van der Waals surface area contributed by atoms with E-state index < -0.39 is 5.60 Å². The fourth-order valence-corrected chi connectivity index (χ4v) is 1.52. The number of ether oxygens (including phenoxy) is 1. The SMILES string of the molecule is CN(C(=O)CN)C1CN(C(=O)OC(C)(C)C)C1. The lowest BCUT2D eigenvalue weighted by molar-refractivity contribution is -0.133. The number of hydrogen-bond acceptors (Lipinski definition) is 4. The van der Waals surface area contributed by atoms with Crippen molar-refractivity contribution in [2.24, 2.45) is 5.73 Å². The van der Waals surface area contributed by atoms with Gasteiger partial charge in [0.25, 0.3) is 0 Å². The van der Waals surface area contributed by atoms with Gasteiger partial charge in [0.15, 0.2) is 0 Å². The number of likely N-dealkylation sites (tertiary alicyclic amines) is 1. The number of hydrogen-bond donors (Lipinski definition) is 1. The van der Waals surface area contributed by atoms with Crippen molar-refractivity contribution in [2.45, 2.75) is 32.4 Å². The Morgan fingerprint density at radius 3 is 2.35 bits per heavy atom. The molecule has 0 atom stereocenters. The Hall–Kier alpha value is -1.30. The molecule has 0 saturated carbocycles. The fraction of sp³-hybridized carbons (Fsp3) is 0.818. The molecule has 1 saturated heterocycles. The minimum Gasteiger partial charge on any atom is -0.444 e. The number of amides is 2. The molecule has 0 aromatic heterocycles. The molecule has 0 spiro atoms. The largest absolute Gasteiger partial charge is 0.444 e. The van der Waals surface area contributed by atoms with Crippen LogP contribution in [0.5, 0.6) is 0 Å². The molecule has 1 rings (SSSR count). The summed E-state index contributed by atoms with van der Waals surface area (Å²) in [6, 6.07) is 0.0542. The normalized spacial score (nSPS) is 16.4. The first-order chi connectivity index (χ1) is 7.74. The number of carbonyl (C=O) groups excluding carboxylic acids is 2. The summed E-state index contributed by atoms with van der Waals surface area (Å²) in [4.78, 5) is 26.1. The van der Waals surface area contributed by atoms with Crippen molar-refractivity contribution in [1.29, 1.82) is 0 Å². The quantitative estimate of drug-likeness (QED) is 0.742. The van der Waals surface area contributed by atoms with Crippen LogP contribution < -0.4 is 5.73 Å². The van der Waals surface area contributed by atoms with Crippen LogP contribution in [0.15, 0.2) is 0 Å². The Morgan fingerprint density at radius 1 is 1.41 bits per heavy atom. The van der Waals surface area contributed by atoms with Crippen molar-refractivity contribution < 1.29 is 14.3 Å². The average Bonchev–Trinajstić information content (AvgIpc) is 2.10. The molecule has 1 fully saturated rings. The minimum absolute atomic E-state index is 0.000558. The summed E-state index contributed by atoms with van der Waals surface area (Å²) in [6.45, 7) is 6.50. The van der Waals surface area contributed by atoms with Gasteiger partial charge in [0.1, 0.15) is 5.60 Å². The van der Waals surface area contributed by atoms with Crippen molar-refractivity contribution in [3.63, 3.8) is 0 Å². The molecule has 6 heteroatoms. The molecule has 0 aromatic carbocycles. The lowest BCUT2D eigenvalue weighted by Gasteiger charge is -2.43. The number of nitrogens with two attached hydrogens (primary N) is 1. The van der Waals surface area contributed by atoms with Gasteiger partial charge in [-0.15, -0.1) is 0 Å². The lowest BCUT2D eigenvalue weighted by atomic mass is 10.1. The van der Waals surface area contributed by atoms with Gasteiger partial charge in [-0.2, -0.15) is 0 Å². The molecule has 1 heterocycles. The molecule has 2 amide bonds. The van der Waals surface area contributed by atoms with Crippen LogP contribution in [0.3, 0.4) is 0 Å². The van der Waals surface area contributed by atoms with E-state index >= 15 is 0 Å². The lowest BCUT2D eigenvalue weighted by Crippen LogP contribution is -2.62. The van der Waals surface area contributed by atoms with Crippen LogP contribution in [0.1, 0.15) is 20.8 Å². The Kier molecular flexibility index (Phi) is 3.98. The van der Waals surface area contributed by atoms with Crippen LogP contribution in [0, 0.1) is 0 Å². The molecule has 0 radical (unpaired) electrons. The monoisotopic (exact) mass is 243 g/mol. The molecule has 0 unspecified atom stereocenters. The van der Waals surface area contributed by atoms with E-state index in [1.807, 2.05) is 20.8 Å². The first-order valence-corrected chi connectivity index (χ1v) is 5.68. The van der Waals surface area contributed by atoms with E-state index in [1.54, 1.807) is 16.8 Å². The number of rotatable bonds is 2. The number of likely N-dealkylation sites (N-methyl/N-ethyl adjacent to an activating group) is 1. The minimum atomic E-state index is -0.485. The molecule has 17 heavy (non-hydrogen) atoms. The summed E-state index contributed by atoms with van der Waals surface area (Å²) >= 11 is 0. The molecule has 0 bridgehead atoms. The van der Waals surface area contributed by atoms with Gasteiger partial charge in [0.05, 0.1) is 12.6 Å². The fourth-order valence-electron chi connectivity index (χ4n) is 1.52. The standard InChI is InChI=1S/C11H21N3O3/c1-11(2,3)17-10(16)14-6-8(7-14)13(4)9(15)5-12/h8H,5-7,12H2,1-4H3. The van der Waals surface area contributed by atoms with Crippen LogP contribution in [0.2, 0.25) is 0 Å². The Morgan fingerprint density at radius 2 is 1.94 bits per heavy atom. The predicted molar refractivity (Wildman–Crippen MR) is 63.4 cm³/mol. The second kappa shape index (κ2) is 4.91. The second-order valence-electron chi connectivity index (χ2n) is 5.25. The van der Waals surface area contributed by atoms with E-state index in [0.29, 0.717) is 13.1 Å². The second-order valence-corrected chi connectivity index (χ2v) is 5.25. The third-order valence-corrected chi connectivity index (χ3v) is 2.63. The first kappa shape index (κ1) is 13.8. The highest BCUT2D eigenvalue weighted by atomic mass is 16.6. The molecular formula is C11H21N3O3. The zero-order chi connectivity index (χ0) is 13.2. The van der Waals surface area contributed by atoms with Crippen molar-refractivity contribution in [2.75, 3.05) is 26.7 Å².